The summed E-state index contributed by atoms with van der Waals surface area (Å²) in [6.45, 7) is 6.44. The van der Waals surface area contributed by atoms with Crippen LogP contribution in [0.25, 0.3) is 0 Å². The molecule has 0 saturated carbocycles. The van der Waals surface area contributed by atoms with Gasteiger partial charge in [-0.25, -0.2) is 4.99 Å². The van der Waals surface area contributed by atoms with Gasteiger partial charge in [-0.05, 0) is 31.9 Å². The third-order valence-electron chi connectivity index (χ3n) is 4.48. The summed E-state index contributed by atoms with van der Waals surface area (Å²) in [6.07, 6.45) is 0. The van der Waals surface area contributed by atoms with Crippen molar-refractivity contribution in [3.8, 4) is 0 Å². The van der Waals surface area contributed by atoms with Crippen LogP contribution >= 0.6 is 0 Å². The second-order valence-electron chi connectivity index (χ2n) is 7.52. The summed E-state index contributed by atoms with van der Waals surface area (Å²) in [5, 5.41) is 0. The van der Waals surface area contributed by atoms with Gasteiger partial charge >= 0.3 is 0 Å². The molecule has 2 atom stereocenters. The quantitative estimate of drug-likeness (QED) is 0.811. The van der Waals surface area contributed by atoms with Crippen molar-refractivity contribution < 1.29 is 0 Å². The molecule has 2 aromatic rings. The van der Waals surface area contributed by atoms with Crippen molar-refractivity contribution >= 4 is 5.96 Å². The minimum absolute atomic E-state index is 0.106. The van der Waals surface area contributed by atoms with Crippen LogP contribution in [0.15, 0.2) is 65.7 Å². The van der Waals surface area contributed by atoms with Crippen LogP contribution in [0.3, 0.4) is 0 Å². The number of rotatable bonds is 2. The maximum absolute atomic E-state index is 4.99. The van der Waals surface area contributed by atoms with E-state index in [-0.39, 0.29) is 17.6 Å². The first-order valence-electron chi connectivity index (χ1n) is 8.54. The molecule has 2 unspecified atom stereocenters. The van der Waals surface area contributed by atoms with E-state index in [0.29, 0.717) is 0 Å². The van der Waals surface area contributed by atoms with Crippen LogP contribution in [-0.2, 0) is 0 Å². The Hall–Kier alpha value is -2.29. The molecule has 0 bridgehead atoms. The molecule has 2 aromatic carbocycles. The fourth-order valence-corrected chi connectivity index (χ4v) is 3.49. The van der Waals surface area contributed by atoms with Crippen LogP contribution < -0.4 is 0 Å². The number of nitrogens with zero attached hydrogens (tertiary/aromatic N) is 3. The molecule has 24 heavy (non-hydrogen) atoms. The summed E-state index contributed by atoms with van der Waals surface area (Å²) in [5.74, 6) is 1.05. The first-order chi connectivity index (χ1) is 11.4. The second kappa shape index (κ2) is 6.31. The van der Waals surface area contributed by atoms with E-state index >= 15 is 0 Å². The van der Waals surface area contributed by atoms with Gasteiger partial charge in [-0.1, -0.05) is 60.7 Å². The zero-order valence-corrected chi connectivity index (χ0v) is 15.3. The Morgan fingerprint density at radius 2 is 1.08 bits per heavy atom. The van der Waals surface area contributed by atoms with Gasteiger partial charge in [-0.2, -0.15) is 0 Å². The minimum Gasteiger partial charge on any atom is -0.336 e. The highest BCUT2D eigenvalue weighted by atomic mass is 15.5. The Morgan fingerprint density at radius 1 is 0.708 bits per heavy atom. The zero-order chi connectivity index (χ0) is 17.3. The first kappa shape index (κ1) is 16.6. The lowest BCUT2D eigenvalue weighted by molar-refractivity contribution is 0.316. The molecule has 3 heteroatoms. The number of guanidine groups is 1. The third-order valence-corrected chi connectivity index (χ3v) is 4.48. The first-order valence-corrected chi connectivity index (χ1v) is 8.54. The molecule has 0 spiro atoms. The van der Waals surface area contributed by atoms with E-state index in [2.05, 4.69) is 105 Å². The van der Waals surface area contributed by atoms with Gasteiger partial charge in [0.15, 0.2) is 5.96 Å². The van der Waals surface area contributed by atoms with Crippen LogP contribution in [0.1, 0.15) is 44.0 Å². The van der Waals surface area contributed by atoms with Crippen LogP contribution in [0, 0.1) is 0 Å². The monoisotopic (exact) mass is 321 g/mol. The fourth-order valence-electron chi connectivity index (χ4n) is 3.49. The van der Waals surface area contributed by atoms with Gasteiger partial charge in [0.25, 0.3) is 0 Å². The number of hydrogen-bond donors (Lipinski definition) is 0. The Morgan fingerprint density at radius 3 is 1.42 bits per heavy atom. The van der Waals surface area contributed by atoms with Crippen molar-refractivity contribution in [2.45, 2.75) is 38.4 Å². The van der Waals surface area contributed by atoms with E-state index < -0.39 is 0 Å². The molecule has 1 aliphatic heterocycles. The minimum atomic E-state index is -0.106. The topological polar surface area (TPSA) is 18.8 Å². The molecule has 3 rings (SSSR count). The van der Waals surface area contributed by atoms with Crippen LogP contribution in [0.5, 0.6) is 0 Å². The van der Waals surface area contributed by atoms with Crippen molar-refractivity contribution in [2.24, 2.45) is 4.99 Å². The average molecular weight is 321 g/mol. The summed E-state index contributed by atoms with van der Waals surface area (Å²) in [4.78, 5) is 9.63. The highest BCUT2D eigenvalue weighted by molar-refractivity contribution is 5.83. The SMILES string of the molecule is CN1C(=NC(C)(C)C)N(C)C(c2ccccc2)C1c1ccccc1. The van der Waals surface area contributed by atoms with Gasteiger partial charge in [0, 0.05) is 14.1 Å². The Balaban J connectivity index is 2.11. The fraction of sp³-hybridized carbons (Fsp3) is 0.381. The van der Waals surface area contributed by atoms with Gasteiger partial charge in [-0.15, -0.1) is 0 Å². The highest BCUT2D eigenvalue weighted by Crippen LogP contribution is 2.43. The molecule has 1 fully saturated rings. The van der Waals surface area contributed by atoms with Crippen LogP contribution in [-0.4, -0.2) is 35.4 Å². The Labute approximate surface area is 145 Å². The molecule has 0 radical (unpaired) electrons. The van der Waals surface area contributed by atoms with E-state index in [9.17, 15) is 0 Å². The highest BCUT2D eigenvalue weighted by Gasteiger charge is 2.42. The van der Waals surface area contributed by atoms with E-state index in [1.807, 2.05) is 0 Å². The van der Waals surface area contributed by atoms with Crippen molar-refractivity contribution in [2.75, 3.05) is 14.1 Å². The lowest BCUT2D eigenvalue weighted by Gasteiger charge is -2.26. The molecule has 3 nitrogen and oxygen atoms in total. The number of likely N-dealkylation sites (N-methyl/N-ethyl adjacent to an activating group) is 2. The van der Waals surface area contributed by atoms with Gasteiger partial charge in [0.1, 0.15) is 0 Å². The molecule has 1 heterocycles. The summed E-state index contributed by atoms with van der Waals surface area (Å²) < 4.78 is 0. The maximum Gasteiger partial charge on any atom is 0.197 e. The lowest BCUT2D eigenvalue weighted by Crippen LogP contribution is -2.32. The van der Waals surface area contributed by atoms with E-state index in [4.69, 9.17) is 4.99 Å². The average Bonchev–Trinajstić information content (AvgIpc) is 2.80. The molecular formula is C21H27N3. The largest absolute Gasteiger partial charge is 0.336 e. The zero-order valence-electron chi connectivity index (χ0n) is 15.3. The smallest absolute Gasteiger partial charge is 0.197 e. The number of benzene rings is 2. The summed E-state index contributed by atoms with van der Waals surface area (Å²) in [6, 6.07) is 22.0. The predicted molar refractivity (Wildman–Crippen MR) is 101 cm³/mol. The predicted octanol–water partition coefficient (Wildman–Crippen LogP) is 4.50. The van der Waals surface area contributed by atoms with Crippen molar-refractivity contribution in [1.82, 2.24) is 9.80 Å². The summed E-state index contributed by atoms with van der Waals surface area (Å²) >= 11 is 0. The molecule has 1 aliphatic rings. The molecule has 0 amide bonds. The van der Waals surface area contributed by atoms with Crippen molar-refractivity contribution in [3.63, 3.8) is 0 Å². The van der Waals surface area contributed by atoms with Crippen molar-refractivity contribution in [1.29, 1.82) is 0 Å². The Bertz CT molecular complexity index is 647. The summed E-state index contributed by atoms with van der Waals surface area (Å²) in [7, 11) is 4.31. The number of hydrogen-bond acceptors (Lipinski definition) is 1. The lowest BCUT2D eigenvalue weighted by atomic mass is 9.93. The van der Waals surface area contributed by atoms with Gasteiger partial charge in [0.2, 0.25) is 0 Å². The summed E-state index contributed by atoms with van der Waals surface area (Å²) in [5.41, 5.74) is 2.53. The van der Waals surface area contributed by atoms with E-state index in [0.717, 1.165) is 5.96 Å². The van der Waals surface area contributed by atoms with Crippen LogP contribution in [0.4, 0.5) is 0 Å². The second-order valence-corrected chi connectivity index (χ2v) is 7.52. The Kier molecular flexibility index (Phi) is 4.35. The van der Waals surface area contributed by atoms with Gasteiger partial charge in [0.05, 0.1) is 17.6 Å². The van der Waals surface area contributed by atoms with Crippen LogP contribution in [0.2, 0.25) is 0 Å². The van der Waals surface area contributed by atoms with Crippen molar-refractivity contribution in [3.05, 3.63) is 71.8 Å². The molecular weight excluding hydrogens is 294 g/mol. The van der Waals surface area contributed by atoms with E-state index in [1.54, 1.807) is 0 Å². The standard InChI is InChI=1S/C21H27N3/c1-21(2,3)22-20-23(4)18(16-12-8-6-9-13-16)19(24(20)5)17-14-10-7-11-15-17/h6-15,18-19H,1-5H3. The van der Waals surface area contributed by atoms with Gasteiger partial charge in [-0.3, -0.25) is 0 Å². The molecule has 0 N–H and O–H groups in total. The molecule has 126 valence electrons. The third kappa shape index (κ3) is 3.16. The normalized spacial score (nSPS) is 21.3. The van der Waals surface area contributed by atoms with E-state index in [1.165, 1.54) is 11.1 Å². The number of aliphatic imine (C=N–C) groups is 1. The maximum atomic E-state index is 4.99. The molecule has 0 aromatic heterocycles. The molecule has 1 saturated heterocycles. The van der Waals surface area contributed by atoms with Gasteiger partial charge < -0.3 is 9.80 Å². The molecule has 0 aliphatic carbocycles.